The van der Waals surface area contributed by atoms with E-state index < -0.39 is 12.3 Å². The Kier molecular flexibility index (Phi) is 7.52. The van der Waals surface area contributed by atoms with Crippen LogP contribution in [0.2, 0.25) is 5.02 Å². The van der Waals surface area contributed by atoms with Crippen LogP contribution in [0.4, 0.5) is 13.2 Å². The average molecular weight is 517 g/mol. The largest absolute Gasteiger partial charge is 0.573 e. The number of nitrogens with one attached hydrogen (secondary N) is 2. The molecule has 3 N–H and O–H groups in total. The van der Waals surface area contributed by atoms with Crippen molar-refractivity contribution in [2.45, 2.75) is 19.5 Å². The van der Waals surface area contributed by atoms with Crippen molar-refractivity contribution in [1.82, 2.24) is 10.9 Å². The highest BCUT2D eigenvalue weighted by molar-refractivity contribution is 6.32. The molecule has 0 aliphatic rings. The number of hydrogen-bond donors (Lipinski definition) is 3. The number of hydrogen-bond acceptors (Lipinski definition) is 5. The summed E-state index contributed by atoms with van der Waals surface area (Å²) in [6.45, 7) is 0.470. The Balaban J connectivity index is 1.40. The zero-order valence-electron chi connectivity index (χ0n) is 18.6. The minimum Gasteiger partial charge on any atom is -0.506 e. The maximum atomic E-state index is 12.3. The number of halogens is 4. The summed E-state index contributed by atoms with van der Waals surface area (Å²) in [5, 5.41) is 11.3. The van der Waals surface area contributed by atoms with Gasteiger partial charge in [-0.2, -0.15) is 0 Å². The van der Waals surface area contributed by atoms with Crippen LogP contribution in [0, 0.1) is 0 Å². The van der Waals surface area contributed by atoms with Crippen molar-refractivity contribution in [3.63, 3.8) is 0 Å². The minimum atomic E-state index is -4.74. The van der Waals surface area contributed by atoms with Gasteiger partial charge >= 0.3 is 6.36 Å². The van der Waals surface area contributed by atoms with E-state index in [4.69, 9.17) is 16.3 Å². The fraction of sp³-hybridized carbons (Fsp3) is 0.115. The van der Waals surface area contributed by atoms with Gasteiger partial charge in [0.15, 0.2) is 0 Å². The zero-order chi connectivity index (χ0) is 25.7. The normalized spacial score (nSPS) is 11.3. The number of amides is 1. The Labute approximate surface area is 209 Å². The summed E-state index contributed by atoms with van der Waals surface area (Å²) in [5.41, 5.74) is 7.35. The predicted octanol–water partition coefficient (Wildman–Crippen LogP) is 6.11. The van der Waals surface area contributed by atoms with Gasteiger partial charge in [0.2, 0.25) is 0 Å². The highest BCUT2D eigenvalue weighted by Gasteiger charge is 2.30. The van der Waals surface area contributed by atoms with Gasteiger partial charge in [-0.05, 0) is 52.9 Å². The second-order valence-electron chi connectivity index (χ2n) is 7.72. The first-order valence-electron chi connectivity index (χ1n) is 10.7. The summed E-state index contributed by atoms with van der Waals surface area (Å²) in [6, 6.07) is 20.9. The number of ether oxygens (including phenoxy) is 2. The molecule has 0 unspecified atom stereocenters. The molecule has 0 aromatic heterocycles. The molecule has 0 radical (unpaired) electrons. The maximum Gasteiger partial charge on any atom is 0.573 e. The minimum absolute atomic E-state index is 0.0785. The SMILES string of the molecule is O=C(NNCc1ccc(OCc2ccc(OC(F)(F)F)cc2)c2ccccc12)c1ccc(O)c(Cl)c1. The van der Waals surface area contributed by atoms with Crippen molar-refractivity contribution in [3.8, 4) is 17.2 Å². The van der Waals surface area contributed by atoms with Crippen molar-refractivity contribution < 1.29 is 32.5 Å². The summed E-state index contributed by atoms with van der Waals surface area (Å²) in [5.74, 6) is -0.211. The highest BCUT2D eigenvalue weighted by atomic mass is 35.5. The zero-order valence-corrected chi connectivity index (χ0v) is 19.4. The predicted molar refractivity (Wildman–Crippen MR) is 129 cm³/mol. The van der Waals surface area contributed by atoms with Gasteiger partial charge in [-0.3, -0.25) is 10.2 Å². The van der Waals surface area contributed by atoms with E-state index in [1.807, 2.05) is 30.3 Å². The van der Waals surface area contributed by atoms with Gasteiger partial charge in [0.05, 0.1) is 5.02 Å². The molecule has 0 fully saturated rings. The summed E-state index contributed by atoms with van der Waals surface area (Å²) in [4.78, 5) is 12.3. The molecule has 0 aliphatic heterocycles. The first kappa shape index (κ1) is 25.2. The molecule has 0 heterocycles. The lowest BCUT2D eigenvalue weighted by Crippen LogP contribution is -2.36. The van der Waals surface area contributed by atoms with Gasteiger partial charge in [0.25, 0.3) is 5.91 Å². The monoisotopic (exact) mass is 516 g/mol. The number of carbonyl (C=O) groups excluding carboxylic acids is 1. The molecular formula is C26H20ClF3N2O4. The van der Waals surface area contributed by atoms with Crippen LogP contribution < -0.4 is 20.3 Å². The molecule has 36 heavy (non-hydrogen) atoms. The standard InChI is InChI=1S/C26H20ClF3N2O4/c27-22-13-17(7-11-23(22)33)25(34)32-31-14-18-8-12-24(21-4-2-1-3-20(18)21)35-15-16-5-9-19(10-6-16)36-26(28,29)30/h1-13,31,33H,14-15H2,(H,32,34). The Morgan fingerprint density at radius 2 is 1.67 bits per heavy atom. The Morgan fingerprint density at radius 3 is 2.36 bits per heavy atom. The number of carbonyl (C=O) groups is 1. The van der Waals surface area contributed by atoms with Gasteiger partial charge < -0.3 is 14.6 Å². The fourth-order valence-electron chi connectivity index (χ4n) is 3.50. The van der Waals surface area contributed by atoms with Crippen LogP contribution in [0.5, 0.6) is 17.2 Å². The van der Waals surface area contributed by atoms with Gasteiger partial charge in [0.1, 0.15) is 23.9 Å². The van der Waals surface area contributed by atoms with Gasteiger partial charge in [-0.15, -0.1) is 13.2 Å². The summed E-state index contributed by atoms with van der Waals surface area (Å²) in [7, 11) is 0. The Morgan fingerprint density at radius 1 is 0.944 bits per heavy atom. The number of hydrazine groups is 1. The Bertz CT molecular complexity index is 1380. The van der Waals surface area contributed by atoms with Crippen LogP contribution in [-0.2, 0) is 13.2 Å². The number of phenols is 1. The lowest BCUT2D eigenvalue weighted by molar-refractivity contribution is -0.274. The second-order valence-corrected chi connectivity index (χ2v) is 8.13. The molecule has 0 spiro atoms. The number of phenolic OH excluding ortho intramolecular Hbond substituents is 1. The van der Waals surface area contributed by atoms with Crippen molar-refractivity contribution in [3.05, 3.63) is 101 Å². The van der Waals surface area contributed by atoms with Crippen molar-refractivity contribution in [1.29, 1.82) is 0 Å². The van der Waals surface area contributed by atoms with E-state index in [1.165, 1.54) is 42.5 Å². The van der Waals surface area contributed by atoms with Crippen molar-refractivity contribution in [2.75, 3.05) is 0 Å². The van der Waals surface area contributed by atoms with Gasteiger partial charge in [-0.25, -0.2) is 5.43 Å². The van der Waals surface area contributed by atoms with E-state index in [9.17, 15) is 23.1 Å². The third kappa shape index (κ3) is 6.38. The first-order valence-corrected chi connectivity index (χ1v) is 11.1. The van der Waals surface area contributed by atoms with E-state index in [-0.39, 0.29) is 28.7 Å². The number of rotatable bonds is 8. The molecule has 186 valence electrons. The van der Waals surface area contributed by atoms with E-state index >= 15 is 0 Å². The molecule has 0 atom stereocenters. The summed E-state index contributed by atoms with van der Waals surface area (Å²) >= 11 is 5.85. The number of fused-ring (bicyclic) bond motifs is 1. The number of alkyl halides is 3. The van der Waals surface area contributed by atoms with Crippen LogP contribution in [0.3, 0.4) is 0 Å². The molecule has 4 aromatic carbocycles. The van der Waals surface area contributed by atoms with Crippen LogP contribution in [0.15, 0.2) is 78.9 Å². The molecule has 0 saturated carbocycles. The molecular weight excluding hydrogens is 497 g/mol. The first-order chi connectivity index (χ1) is 17.2. The molecule has 0 bridgehead atoms. The van der Waals surface area contributed by atoms with E-state index in [0.717, 1.165) is 16.3 Å². The quantitative estimate of drug-likeness (QED) is 0.246. The van der Waals surface area contributed by atoms with Crippen LogP contribution in [0.1, 0.15) is 21.5 Å². The van der Waals surface area contributed by atoms with Crippen LogP contribution in [-0.4, -0.2) is 17.4 Å². The number of benzene rings is 4. The summed E-state index contributed by atoms with van der Waals surface area (Å²) in [6.07, 6.45) is -4.74. The van der Waals surface area contributed by atoms with E-state index in [2.05, 4.69) is 15.6 Å². The van der Waals surface area contributed by atoms with Crippen LogP contribution in [0.25, 0.3) is 10.8 Å². The maximum absolute atomic E-state index is 12.3. The molecule has 0 saturated heterocycles. The Hall–Kier alpha value is -3.95. The van der Waals surface area contributed by atoms with E-state index in [1.54, 1.807) is 6.07 Å². The summed E-state index contributed by atoms with van der Waals surface area (Å²) < 4.78 is 46.8. The highest BCUT2D eigenvalue weighted by Crippen LogP contribution is 2.30. The molecule has 1 amide bonds. The molecule has 4 rings (SSSR count). The lowest BCUT2D eigenvalue weighted by atomic mass is 10.0. The van der Waals surface area contributed by atoms with Crippen molar-refractivity contribution in [2.24, 2.45) is 0 Å². The lowest BCUT2D eigenvalue weighted by Gasteiger charge is -2.14. The molecule has 0 aliphatic carbocycles. The van der Waals surface area contributed by atoms with Gasteiger partial charge in [-0.1, -0.05) is 54.1 Å². The van der Waals surface area contributed by atoms with E-state index in [0.29, 0.717) is 17.9 Å². The number of aromatic hydroxyl groups is 1. The fourth-order valence-corrected chi connectivity index (χ4v) is 3.68. The third-order valence-corrected chi connectivity index (χ3v) is 5.52. The average Bonchev–Trinajstić information content (AvgIpc) is 2.85. The molecule has 4 aromatic rings. The smallest absolute Gasteiger partial charge is 0.506 e. The van der Waals surface area contributed by atoms with Crippen molar-refractivity contribution >= 4 is 28.3 Å². The van der Waals surface area contributed by atoms with Gasteiger partial charge in [0, 0.05) is 17.5 Å². The molecule has 6 nitrogen and oxygen atoms in total. The molecule has 10 heteroatoms. The second kappa shape index (κ2) is 10.8. The topological polar surface area (TPSA) is 79.8 Å². The third-order valence-electron chi connectivity index (χ3n) is 5.22. The van der Waals surface area contributed by atoms with Crippen LogP contribution >= 0.6 is 11.6 Å².